The van der Waals surface area contributed by atoms with E-state index in [1.807, 2.05) is 0 Å². The van der Waals surface area contributed by atoms with Crippen molar-refractivity contribution < 1.29 is 52.7 Å². The van der Waals surface area contributed by atoms with Crippen LogP contribution in [0.25, 0.3) is 0 Å². The molecular weight excluding hydrogens is 979 g/mol. The molecule has 0 spiro atoms. The highest BCUT2D eigenvalue weighted by atomic mass is 32.1. The summed E-state index contributed by atoms with van der Waals surface area (Å²) in [7, 11) is 0. The van der Waals surface area contributed by atoms with Crippen LogP contribution in [0, 0.1) is 0 Å². The standard InChI is InChI=1S/C44H69N15O11S2/c45-25(22-71)35(63)58-44(15-5-2-6-16-44)42(70)57-28(19-24-9-3-1-4-10-24)38(66)53-27(13-14-32(46)60)37(65)55-29(20-33(47)61)39(67)56-30(23-72)41(69)59-18-8-12-31(59)40(68)54-26(11-7-17-51-43(49)50)36(64)52-21-34(48)62/h1,3-4,9-10,25-31,71-72H,2,5-8,11-23,45H2,(H2,46,60)(H2,47,61)(H2,48,62)(H,52,64)(H,53,66)(H,54,68)(H,55,65)(H,56,67)(H,57,70)(H,58,63)(H4,49,50,51)/t25-,26+,27-,28-,29-,30-,31-/m0/s1. The summed E-state index contributed by atoms with van der Waals surface area (Å²) in [5, 5.41) is 17.8. The van der Waals surface area contributed by atoms with Gasteiger partial charge in [0.15, 0.2) is 5.96 Å². The first-order chi connectivity index (χ1) is 34.1. The number of primary amides is 3. The minimum absolute atomic E-state index is 0.00499. The van der Waals surface area contributed by atoms with Crippen LogP contribution in [0.5, 0.6) is 0 Å². The zero-order valence-electron chi connectivity index (χ0n) is 39.9. The smallest absolute Gasteiger partial charge is 0.246 e. The SMILES string of the molecule is NC(=O)CC[C@H](NC(=O)[C@H](Cc1ccccc1)NC(=O)C1(NC(=O)[C@@H](N)CS)CCCCC1)C(=O)N[C@@H](CC(N)=O)C(=O)N[C@@H](CS)C(=O)N1CCC[C@H]1C(=O)N[C@H](CCCN=C(N)N)C(=O)NCC(N)=O. The number of nitrogens with one attached hydrogen (secondary N) is 7. The summed E-state index contributed by atoms with van der Waals surface area (Å²) in [5.41, 5.74) is 31.9. The summed E-state index contributed by atoms with van der Waals surface area (Å²) in [6.45, 7) is -0.349. The summed E-state index contributed by atoms with van der Waals surface area (Å²) < 4.78 is 0. The molecule has 11 amide bonds. The number of carbonyl (C=O) groups is 11. The van der Waals surface area contributed by atoms with E-state index in [1.54, 1.807) is 30.3 Å². The molecule has 0 bridgehead atoms. The van der Waals surface area contributed by atoms with Gasteiger partial charge in [-0.05, 0) is 50.5 Å². The van der Waals surface area contributed by atoms with Gasteiger partial charge in [-0.1, -0.05) is 49.6 Å². The van der Waals surface area contributed by atoms with Crippen LogP contribution in [0.15, 0.2) is 35.3 Å². The third-order valence-electron chi connectivity index (χ3n) is 11.9. The molecule has 3 rings (SSSR count). The molecule has 26 nitrogen and oxygen atoms in total. The van der Waals surface area contributed by atoms with Crippen LogP contribution < -0.4 is 71.6 Å². The largest absolute Gasteiger partial charge is 0.370 e. The number of carbonyl (C=O) groups excluding carboxylic acids is 11. The van der Waals surface area contributed by atoms with E-state index in [4.69, 9.17) is 34.4 Å². The van der Waals surface area contributed by atoms with Crippen molar-refractivity contribution in [2.24, 2.45) is 39.4 Å². The zero-order valence-corrected chi connectivity index (χ0v) is 41.7. The number of hydrogen-bond acceptors (Lipinski definition) is 15. The van der Waals surface area contributed by atoms with Gasteiger partial charge in [0.05, 0.1) is 19.0 Å². The van der Waals surface area contributed by atoms with Gasteiger partial charge in [0.25, 0.3) is 0 Å². The van der Waals surface area contributed by atoms with Gasteiger partial charge in [0, 0.05) is 37.4 Å². The van der Waals surface area contributed by atoms with Crippen LogP contribution in [0.4, 0.5) is 0 Å². The lowest BCUT2D eigenvalue weighted by atomic mass is 9.80. The molecule has 1 saturated carbocycles. The molecule has 2 aliphatic rings. The molecule has 28 heteroatoms. The van der Waals surface area contributed by atoms with E-state index in [0.29, 0.717) is 24.8 Å². The summed E-state index contributed by atoms with van der Waals surface area (Å²) >= 11 is 8.35. The minimum Gasteiger partial charge on any atom is -0.370 e. The van der Waals surface area contributed by atoms with Gasteiger partial charge in [-0.3, -0.25) is 57.7 Å². The third kappa shape index (κ3) is 19.2. The molecule has 19 N–H and O–H groups in total. The van der Waals surface area contributed by atoms with Crippen molar-refractivity contribution in [1.29, 1.82) is 0 Å². The van der Waals surface area contributed by atoms with Crippen molar-refractivity contribution in [3.05, 3.63) is 35.9 Å². The maximum atomic E-state index is 14.3. The summed E-state index contributed by atoms with van der Waals surface area (Å²) in [5.74, 6) is -9.85. The number of aliphatic imine (C=N–C) groups is 1. The molecule has 72 heavy (non-hydrogen) atoms. The van der Waals surface area contributed by atoms with E-state index in [1.165, 1.54) is 4.90 Å². The minimum atomic E-state index is -1.77. The topological polar surface area (TPSA) is 444 Å². The zero-order chi connectivity index (χ0) is 53.5. The predicted molar refractivity (Wildman–Crippen MR) is 269 cm³/mol. The van der Waals surface area contributed by atoms with E-state index in [2.05, 4.69) is 67.5 Å². The van der Waals surface area contributed by atoms with Crippen LogP contribution >= 0.6 is 25.3 Å². The fourth-order valence-electron chi connectivity index (χ4n) is 8.14. The van der Waals surface area contributed by atoms with Crippen molar-refractivity contribution >= 4 is 96.2 Å². The monoisotopic (exact) mass is 1050 g/mol. The average molecular weight is 1050 g/mol. The number of nitrogens with zero attached hydrogens (tertiary/aromatic N) is 2. The van der Waals surface area contributed by atoms with Crippen molar-refractivity contribution in [2.45, 2.75) is 131 Å². The predicted octanol–water partition coefficient (Wildman–Crippen LogP) is -5.55. The molecule has 0 aromatic heterocycles. The number of thiol groups is 2. The van der Waals surface area contributed by atoms with Crippen LogP contribution in [-0.4, -0.2) is 155 Å². The average Bonchev–Trinajstić information content (AvgIpc) is 3.84. The van der Waals surface area contributed by atoms with Crippen LogP contribution in [-0.2, 0) is 59.2 Å². The lowest BCUT2D eigenvalue weighted by Gasteiger charge is -2.38. The highest BCUT2D eigenvalue weighted by Gasteiger charge is 2.44. The first-order valence-corrected chi connectivity index (χ1v) is 24.7. The number of amides is 11. The van der Waals surface area contributed by atoms with Crippen molar-refractivity contribution in [2.75, 3.05) is 31.1 Å². The molecule has 2 fully saturated rings. The Kier molecular flexibility index (Phi) is 24.5. The number of likely N-dealkylation sites (tertiary alicyclic amines) is 1. The second kappa shape index (κ2) is 29.6. The molecule has 1 saturated heterocycles. The number of rotatable bonds is 29. The molecule has 0 unspecified atom stereocenters. The van der Waals surface area contributed by atoms with Gasteiger partial charge >= 0.3 is 0 Å². The van der Waals surface area contributed by atoms with Gasteiger partial charge in [-0.2, -0.15) is 25.3 Å². The Morgan fingerprint density at radius 1 is 0.667 bits per heavy atom. The number of hydrogen-bond donors (Lipinski definition) is 15. The maximum absolute atomic E-state index is 14.3. The van der Waals surface area contributed by atoms with E-state index in [9.17, 15) is 52.7 Å². The molecule has 398 valence electrons. The first kappa shape index (κ1) is 59.6. The molecule has 7 atom stereocenters. The van der Waals surface area contributed by atoms with Gasteiger partial charge in [0.2, 0.25) is 65.0 Å². The van der Waals surface area contributed by atoms with Crippen LogP contribution in [0.2, 0.25) is 0 Å². The molecule has 1 heterocycles. The second-order valence-electron chi connectivity index (χ2n) is 17.6. The fourth-order valence-corrected chi connectivity index (χ4v) is 8.55. The Labute approximate surface area is 427 Å². The Morgan fingerprint density at radius 3 is 1.88 bits per heavy atom. The Hall–Kier alpha value is -6.68. The number of guanidine groups is 1. The summed E-state index contributed by atoms with van der Waals surface area (Å²) in [4.78, 5) is 151. The van der Waals surface area contributed by atoms with Crippen molar-refractivity contribution in [3.63, 3.8) is 0 Å². The molecule has 0 radical (unpaired) electrons. The molecule has 1 aliphatic heterocycles. The van der Waals surface area contributed by atoms with Gasteiger partial charge < -0.3 is 76.5 Å². The second-order valence-corrected chi connectivity index (χ2v) is 18.3. The lowest BCUT2D eigenvalue weighted by molar-refractivity contribution is -0.142. The molecule has 1 aromatic rings. The quantitative estimate of drug-likeness (QED) is 0.0154. The van der Waals surface area contributed by atoms with Gasteiger partial charge in [-0.15, -0.1) is 0 Å². The van der Waals surface area contributed by atoms with Gasteiger partial charge in [-0.25, -0.2) is 0 Å². The lowest BCUT2D eigenvalue weighted by Crippen LogP contribution is -2.65. The Balaban J connectivity index is 1.84. The Bertz CT molecular complexity index is 2140. The molecule has 1 aromatic carbocycles. The fraction of sp³-hybridized carbons (Fsp3) is 0.591. The van der Waals surface area contributed by atoms with Crippen LogP contribution in [0.1, 0.15) is 82.6 Å². The van der Waals surface area contributed by atoms with Crippen LogP contribution in [0.3, 0.4) is 0 Å². The summed E-state index contributed by atoms with van der Waals surface area (Å²) in [6, 6.07) is -0.974. The van der Waals surface area contributed by atoms with Gasteiger partial charge in [0.1, 0.15) is 41.8 Å². The Morgan fingerprint density at radius 2 is 1.28 bits per heavy atom. The van der Waals surface area contributed by atoms with E-state index < -0.39 is 139 Å². The number of benzene rings is 1. The summed E-state index contributed by atoms with van der Waals surface area (Å²) in [6.07, 6.45) is 1.46. The normalized spacial score (nSPS) is 17.4. The molecule has 1 aliphatic carbocycles. The van der Waals surface area contributed by atoms with E-state index >= 15 is 0 Å². The van der Waals surface area contributed by atoms with Crippen molar-refractivity contribution in [3.8, 4) is 0 Å². The number of nitrogens with two attached hydrogens (primary N) is 6. The van der Waals surface area contributed by atoms with E-state index in [0.717, 1.165) is 6.42 Å². The first-order valence-electron chi connectivity index (χ1n) is 23.4. The highest BCUT2D eigenvalue weighted by Crippen LogP contribution is 2.29. The van der Waals surface area contributed by atoms with Crippen molar-refractivity contribution in [1.82, 2.24) is 42.1 Å². The third-order valence-corrected chi connectivity index (χ3v) is 12.7. The highest BCUT2D eigenvalue weighted by molar-refractivity contribution is 7.80. The maximum Gasteiger partial charge on any atom is 0.246 e. The van der Waals surface area contributed by atoms with E-state index in [-0.39, 0.29) is 69.1 Å². The molecular formula is C44H69N15O11S2.